The van der Waals surface area contributed by atoms with Gasteiger partial charge in [0, 0.05) is 17.5 Å². The molecule has 1 unspecified atom stereocenters. The highest BCUT2D eigenvalue weighted by atomic mass is 32.2. The van der Waals surface area contributed by atoms with Gasteiger partial charge in [0.25, 0.3) is 0 Å². The van der Waals surface area contributed by atoms with Crippen LogP contribution in [0.25, 0.3) is 0 Å². The molecule has 2 bridgehead atoms. The van der Waals surface area contributed by atoms with E-state index >= 15 is 0 Å². The minimum Gasteiger partial charge on any atom is -0.380 e. The van der Waals surface area contributed by atoms with Crippen LogP contribution in [0, 0.1) is 17.2 Å². The molecule has 3 nitrogen and oxygen atoms in total. The number of nitriles is 1. The Balaban J connectivity index is 1.82. The molecule has 0 spiro atoms. The molecule has 0 saturated carbocycles. The molecule has 1 N–H and O–H groups in total. The summed E-state index contributed by atoms with van der Waals surface area (Å²) in [6, 6.07) is 8.95. The molecule has 3 aliphatic heterocycles. The zero-order chi connectivity index (χ0) is 13.2. The number of thioether (sulfide) groups is 1. The van der Waals surface area contributed by atoms with E-state index in [9.17, 15) is 5.26 Å². The number of nitrogens with zero attached hydrogens (tertiary/aromatic N) is 2. The fraction of sp³-hybridized carbons (Fsp3) is 0.533. The SMILES string of the molecule is CSc1cccc(NC2CN3CCC2CC3)c1C#N. The highest BCUT2D eigenvalue weighted by molar-refractivity contribution is 7.98. The van der Waals surface area contributed by atoms with Crippen molar-refractivity contribution in [3.8, 4) is 6.07 Å². The number of hydrogen-bond acceptors (Lipinski definition) is 4. The van der Waals surface area contributed by atoms with E-state index in [1.165, 1.54) is 25.9 Å². The van der Waals surface area contributed by atoms with Crippen molar-refractivity contribution < 1.29 is 0 Å². The van der Waals surface area contributed by atoms with Gasteiger partial charge in [0.05, 0.1) is 11.3 Å². The third-order valence-electron chi connectivity index (χ3n) is 4.36. The Labute approximate surface area is 119 Å². The summed E-state index contributed by atoms with van der Waals surface area (Å²) in [5.41, 5.74) is 1.81. The fourth-order valence-electron chi connectivity index (χ4n) is 3.27. The summed E-state index contributed by atoms with van der Waals surface area (Å²) in [7, 11) is 0. The van der Waals surface area contributed by atoms with E-state index in [-0.39, 0.29) is 0 Å². The van der Waals surface area contributed by atoms with Crippen molar-refractivity contribution in [3.05, 3.63) is 23.8 Å². The van der Waals surface area contributed by atoms with Crippen molar-refractivity contribution in [2.24, 2.45) is 5.92 Å². The molecule has 100 valence electrons. The first kappa shape index (κ1) is 12.8. The summed E-state index contributed by atoms with van der Waals surface area (Å²) < 4.78 is 0. The number of hydrogen-bond donors (Lipinski definition) is 1. The Morgan fingerprint density at radius 1 is 1.37 bits per heavy atom. The zero-order valence-corrected chi connectivity index (χ0v) is 12.0. The summed E-state index contributed by atoms with van der Waals surface area (Å²) in [5.74, 6) is 0.773. The average molecular weight is 273 g/mol. The summed E-state index contributed by atoms with van der Waals surface area (Å²) >= 11 is 1.64. The summed E-state index contributed by atoms with van der Waals surface area (Å²) in [5, 5.41) is 13.0. The number of fused-ring (bicyclic) bond motifs is 3. The number of benzene rings is 1. The van der Waals surface area contributed by atoms with Gasteiger partial charge in [-0.05, 0) is 50.2 Å². The molecule has 1 aromatic carbocycles. The molecule has 4 rings (SSSR count). The maximum Gasteiger partial charge on any atom is 0.102 e. The molecule has 3 aliphatic rings. The number of piperidine rings is 3. The summed E-state index contributed by atoms with van der Waals surface area (Å²) in [6.45, 7) is 3.62. The topological polar surface area (TPSA) is 39.1 Å². The Kier molecular flexibility index (Phi) is 3.67. The maximum atomic E-state index is 9.38. The van der Waals surface area contributed by atoms with E-state index < -0.39 is 0 Å². The third kappa shape index (κ3) is 2.45. The van der Waals surface area contributed by atoms with E-state index in [0.29, 0.717) is 6.04 Å². The molecule has 1 atom stereocenters. The predicted octanol–water partition coefficient (Wildman–Crippen LogP) is 2.79. The smallest absolute Gasteiger partial charge is 0.102 e. The normalized spacial score (nSPS) is 28.9. The van der Waals surface area contributed by atoms with Crippen molar-refractivity contribution in [3.63, 3.8) is 0 Å². The first-order chi connectivity index (χ1) is 9.31. The minimum atomic E-state index is 0.506. The molecule has 3 heterocycles. The molecular weight excluding hydrogens is 254 g/mol. The second kappa shape index (κ2) is 5.44. The molecule has 0 aliphatic carbocycles. The van der Waals surface area contributed by atoms with Crippen LogP contribution in [-0.2, 0) is 0 Å². The first-order valence-electron chi connectivity index (χ1n) is 6.88. The molecular formula is C15H19N3S. The van der Waals surface area contributed by atoms with Crippen molar-refractivity contribution in [2.75, 3.05) is 31.2 Å². The van der Waals surface area contributed by atoms with Crippen LogP contribution in [0.15, 0.2) is 23.1 Å². The second-order valence-electron chi connectivity index (χ2n) is 5.38. The van der Waals surface area contributed by atoms with E-state index in [0.717, 1.165) is 28.6 Å². The van der Waals surface area contributed by atoms with Gasteiger partial charge in [-0.1, -0.05) is 6.07 Å². The van der Waals surface area contributed by atoms with E-state index in [4.69, 9.17) is 0 Å². The number of rotatable bonds is 3. The van der Waals surface area contributed by atoms with E-state index in [1.54, 1.807) is 11.8 Å². The lowest BCUT2D eigenvalue weighted by Crippen LogP contribution is -2.53. The average Bonchev–Trinajstić information content (AvgIpc) is 2.48. The Morgan fingerprint density at radius 2 is 2.16 bits per heavy atom. The lowest BCUT2D eigenvalue weighted by Gasteiger charge is -2.45. The Morgan fingerprint density at radius 3 is 2.74 bits per heavy atom. The molecule has 19 heavy (non-hydrogen) atoms. The molecule has 0 radical (unpaired) electrons. The van der Waals surface area contributed by atoms with Crippen LogP contribution in [0.2, 0.25) is 0 Å². The maximum absolute atomic E-state index is 9.38. The molecule has 3 fully saturated rings. The molecule has 1 aromatic rings. The van der Waals surface area contributed by atoms with Gasteiger partial charge in [-0.2, -0.15) is 5.26 Å². The van der Waals surface area contributed by atoms with Gasteiger partial charge in [-0.3, -0.25) is 0 Å². The van der Waals surface area contributed by atoms with Crippen molar-refractivity contribution in [1.82, 2.24) is 4.90 Å². The number of nitrogens with one attached hydrogen (secondary N) is 1. The monoisotopic (exact) mass is 273 g/mol. The van der Waals surface area contributed by atoms with E-state index in [1.807, 2.05) is 24.5 Å². The number of anilines is 1. The van der Waals surface area contributed by atoms with Crippen LogP contribution in [0.1, 0.15) is 18.4 Å². The largest absolute Gasteiger partial charge is 0.380 e. The summed E-state index contributed by atoms with van der Waals surface area (Å²) in [4.78, 5) is 3.59. The minimum absolute atomic E-state index is 0.506. The van der Waals surface area contributed by atoms with Crippen LogP contribution in [0.3, 0.4) is 0 Å². The summed E-state index contributed by atoms with van der Waals surface area (Å²) in [6.07, 6.45) is 4.61. The van der Waals surface area contributed by atoms with Gasteiger partial charge in [-0.25, -0.2) is 0 Å². The van der Waals surface area contributed by atoms with Crippen LogP contribution in [0.5, 0.6) is 0 Å². The highest BCUT2D eigenvalue weighted by Gasteiger charge is 2.34. The third-order valence-corrected chi connectivity index (χ3v) is 5.14. The molecule has 3 saturated heterocycles. The van der Waals surface area contributed by atoms with E-state index in [2.05, 4.69) is 16.3 Å². The van der Waals surface area contributed by atoms with Crippen molar-refractivity contribution in [2.45, 2.75) is 23.8 Å². The zero-order valence-electron chi connectivity index (χ0n) is 11.2. The van der Waals surface area contributed by atoms with Gasteiger partial charge in [0.1, 0.15) is 6.07 Å². The van der Waals surface area contributed by atoms with Gasteiger partial charge in [0.15, 0.2) is 0 Å². The lowest BCUT2D eigenvalue weighted by molar-refractivity contribution is 0.0975. The van der Waals surface area contributed by atoms with Gasteiger partial charge in [0.2, 0.25) is 0 Å². The van der Waals surface area contributed by atoms with Gasteiger partial charge >= 0.3 is 0 Å². The van der Waals surface area contributed by atoms with Gasteiger partial charge < -0.3 is 10.2 Å². The van der Waals surface area contributed by atoms with Crippen molar-refractivity contribution >= 4 is 17.4 Å². The molecule has 0 aromatic heterocycles. The Hall–Kier alpha value is -1.18. The van der Waals surface area contributed by atoms with Crippen LogP contribution in [-0.4, -0.2) is 36.8 Å². The van der Waals surface area contributed by atoms with Crippen LogP contribution < -0.4 is 5.32 Å². The van der Waals surface area contributed by atoms with Gasteiger partial charge in [-0.15, -0.1) is 11.8 Å². The van der Waals surface area contributed by atoms with Crippen LogP contribution in [0.4, 0.5) is 5.69 Å². The standard InChI is InChI=1S/C15H19N3S/c1-19-15-4-2-3-13(12(15)9-16)17-14-10-18-7-5-11(14)6-8-18/h2-4,11,14,17H,5-8,10H2,1H3. The molecule has 4 heteroatoms. The molecule has 0 amide bonds. The quantitative estimate of drug-likeness (QED) is 0.860. The predicted molar refractivity (Wildman–Crippen MR) is 79.5 cm³/mol. The lowest BCUT2D eigenvalue weighted by atomic mass is 9.84. The van der Waals surface area contributed by atoms with Crippen LogP contribution >= 0.6 is 11.8 Å². The first-order valence-corrected chi connectivity index (χ1v) is 8.10. The van der Waals surface area contributed by atoms with Crippen molar-refractivity contribution in [1.29, 1.82) is 5.26 Å². The second-order valence-corrected chi connectivity index (χ2v) is 6.23. The highest BCUT2D eigenvalue weighted by Crippen LogP contribution is 2.32. The fourth-order valence-corrected chi connectivity index (χ4v) is 3.84. The Bertz CT molecular complexity index is 501.